The van der Waals surface area contributed by atoms with Crippen LogP contribution in [0, 0.1) is 0 Å². The van der Waals surface area contributed by atoms with Crippen LogP contribution in [0.5, 0.6) is 0 Å². The fraction of sp³-hybridized carbons (Fsp3) is 0.500. The molecule has 3 heteroatoms. The van der Waals surface area contributed by atoms with Gasteiger partial charge in [-0.05, 0) is 35.8 Å². The van der Waals surface area contributed by atoms with Crippen molar-refractivity contribution in [3.05, 3.63) is 22.5 Å². The first kappa shape index (κ1) is 10.1. The van der Waals surface area contributed by atoms with E-state index in [9.17, 15) is 9.59 Å². The van der Waals surface area contributed by atoms with Gasteiger partial charge in [0.2, 0.25) is 0 Å². The van der Waals surface area contributed by atoms with Gasteiger partial charge in [-0.1, -0.05) is 13.8 Å². The highest BCUT2D eigenvalue weighted by molar-refractivity contribution is 5.84. The first-order chi connectivity index (χ1) is 7.19. The summed E-state index contributed by atoms with van der Waals surface area (Å²) in [6.07, 6.45) is 3.82. The Kier molecular flexibility index (Phi) is 2.47. The van der Waals surface area contributed by atoms with E-state index < -0.39 is 0 Å². The molecule has 0 aliphatic heterocycles. The van der Waals surface area contributed by atoms with Crippen LogP contribution in [0.1, 0.15) is 70.6 Å². The van der Waals surface area contributed by atoms with Gasteiger partial charge in [-0.15, -0.1) is 0 Å². The summed E-state index contributed by atoms with van der Waals surface area (Å²) in [7, 11) is 0. The largest absolute Gasteiger partial charge is 0.350 e. The van der Waals surface area contributed by atoms with Crippen molar-refractivity contribution in [2.75, 3.05) is 0 Å². The van der Waals surface area contributed by atoms with E-state index in [1.165, 1.54) is 0 Å². The van der Waals surface area contributed by atoms with Crippen molar-refractivity contribution in [2.24, 2.45) is 0 Å². The Balaban J connectivity index is 2.66. The third-order valence-corrected chi connectivity index (χ3v) is 3.39. The number of hydrogen-bond donors (Lipinski definition) is 1. The number of carbonyl (C=O) groups excluding carboxylic acids is 2. The van der Waals surface area contributed by atoms with Crippen LogP contribution in [-0.2, 0) is 0 Å². The molecule has 0 spiro atoms. The summed E-state index contributed by atoms with van der Waals surface area (Å²) in [6, 6.07) is 0. The molecule has 1 aromatic heterocycles. The highest BCUT2D eigenvalue weighted by Crippen LogP contribution is 2.41. The predicted octanol–water partition coefficient (Wildman–Crippen LogP) is 2.64. The zero-order valence-corrected chi connectivity index (χ0v) is 9.04. The van der Waals surface area contributed by atoms with E-state index in [-0.39, 0.29) is 0 Å². The Morgan fingerprint density at radius 2 is 1.40 bits per heavy atom. The molecule has 2 atom stereocenters. The first-order valence-corrected chi connectivity index (χ1v) is 5.35. The highest BCUT2D eigenvalue weighted by Gasteiger charge is 2.29. The van der Waals surface area contributed by atoms with Gasteiger partial charge in [0.05, 0.1) is 11.4 Å². The Bertz CT molecular complexity index is 369. The van der Waals surface area contributed by atoms with E-state index in [4.69, 9.17) is 0 Å². The van der Waals surface area contributed by atoms with E-state index in [1.54, 1.807) is 0 Å². The van der Waals surface area contributed by atoms with Gasteiger partial charge in [0.25, 0.3) is 0 Å². The fourth-order valence-corrected chi connectivity index (χ4v) is 2.61. The maximum absolute atomic E-state index is 10.9. The van der Waals surface area contributed by atoms with Crippen LogP contribution in [0.15, 0.2) is 0 Å². The standard InChI is InChI=1S/C12H15NO2/c1-7-3-4-8(2)12-10(6-15)13-9(5-14)11(7)12/h5-8,13H,3-4H2,1-2H3. The molecule has 3 nitrogen and oxygen atoms in total. The second kappa shape index (κ2) is 3.65. The number of aldehydes is 2. The number of aromatic amines is 1. The lowest BCUT2D eigenvalue weighted by Gasteiger charge is -2.25. The topological polar surface area (TPSA) is 49.9 Å². The van der Waals surface area contributed by atoms with Crippen LogP contribution >= 0.6 is 0 Å². The summed E-state index contributed by atoms with van der Waals surface area (Å²) in [4.78, 5) is 24.7. The zero-order chi connectivity index (χ0) is 11.0. The third kappa shape index (κ3) is 1.42. The van der Waals surface area contributed by atoms with E-state index in [0.29, 0.717) is 23.2 Å². The Morgan fingerprint density at radius 1 is 1.00 bits per heavy atom. The number of nitrogens with one attached hydrogen (secondary N) is 1. The van der Waals surface area contributed by atoms with Crippen LogP contribution in [0.4, 0.5) is 0 Å². The number of H-pyrrole nitrogens is 1. The summed E-state index contributed by atoms with van der Waals surface area (Å²) in [5.74, 6) is 0.752. The maximum Gasteiger partial charge on any atom is 0.166 e. The molecule has 0 fully saturated rings. The lowest BCUT2D eigenvalue weighted by molar-refractivity contribution is 0.111. The lowest BCUT2D eigenvalue weighted by atomic mass is 9.78. The summed E-state index contributed by atoms with van der Waals surface area (Å²) in [5.41, 5.74) is 3.30. The van der Waals surface area contributed by atoms with Gasteiger partial charge >= 0.3 is 0 Å². The summed E-state index contributed by atoms with van der Waals surface area (Å²) in [6.45, 7) is 4.22. The molecule has 1 aliphatic rings. The SMILES string of the molecule is CC1CCC(C)c2c(C=O)[nH]c(C=O)c21. The molecule has 2 rings (SSSR count). The van der Waals surface area contributed by atoms with Crippen molar-refractivity contribution in [1.82, 2.24) is 4.98 Å². The van der Waals surface area contributed by atoms with Gasteiger partial charge in [0.15, 0.2) is 12.6 Å². The predicted molar refractivity (Wildman–Crippen MR) is 57.6 cm³/mol. The van der Waals surface area contributed by atoms with Crippen molar-refractivity contribution in [3.8, 4) is 0 Å². The van der Waals surface area contributed by atoms with E-state index in [2.05, 4.69) is 18.8 Å². The molecule has 0 bridgehead atoms. The van der Waals surface area contributed by atoms with Crippen molar-refractivity contribution in [2.45, 2.75) is 38.5 Å². The summed E-state index contributed by atoms with van der Waals surface area (Å²) < 4.78 is 0. The number of aromatic nitrogens is 1. The van der Waals surface area contributed by atoms with Gasteiger partial charge in [0.1, 0.15) is 0 Å². The quantitative estimate of drug-likeness (QED) is 0.754. The van der Waals surface area contributed by atoms with Crippen LogP contribution in [0.3, 0.4) is 0 Å². The normalized spacial score (nSPS) is 24.7. The molecule has 1 N–H and O–H groups in total. The minimum absolute atomic E-state index is 0.376. The minimum atomic E-state index is 0.376. The first-order valence-electron chi connectivity index (χ1n) is 5.35. The zero-order valence-electron chi connectivity index (χ0n) is 9.04. The molecule has 80 valence electrons. The Labute approximate surface area is 88.9 Å². The molecule has 0 radical (unpaired) electrons. The van der Waals surface area contributed by atoms with Gasteiger partial charge in [-0.25, -0.2) is 0 Å². The molecule has 2 unspecified atom stereocenters. The van der Waals surface area contributed by atoms with E-state index in [1.807, 2.05) is 0 Å². The Hall–Kier alpha value is -1.38. The second-order valence-electron chi connectivity index (χ2n) is 4.39. The van der Waals surface area contributed by atoms with Gasteiger partial charge in [-0.2, -0.15) is 0 Å². The van der Waals surface area contributed by atoms with Crippen LogP contribution in [0.25, 0.3) is 0 Å². The average Bonchev–Trinajstić information content (AvgIpc) is 2.63. The lowest BCUT2D eigenvalue weighted by Crippen LogP contribution is -2.11. The monoisotopic (exact) mass is 205 g/mol. The molecule has 0 saturated heterocycles. The second-order valence-corrected chi connectivity index (χ2v) is 4.39. The molecule has 15 heavy (non-hydrogen) atoms. The smallest absolute Gasteiger partial charge is 0.166 e. The Morgan fingerprint density at radius 3 is 1.73 bits per heavy atom. The van der Waals surface area contributed by atoms with Gasteiger partial charge in [-0.3, -0.25) is 9.59 Å². The number of rotatable bonds is 2. The number of fused-ring (bicyclic) bond motifs is 1. The van der Waals surface area contributed by atoms with E-state index in [0.717, 1.165) is 36.5 Å². The van der Waals surface area contributed by atoms with Crippen molar-refractivity contribution in [3.63, 3.8) is 0 Å². The molecule has 1 heterocycles. The minimum Gasteiger partial charge on any atom is -0.350 e. The molecule has 1 aromatic rings. The van der Waals surface area contributed by atoms with Crippen molar-refractivity contribution >= 4 is 12.6 Å². The molecule has 0 amide bonds. The third-order valence-electron chi connectivity index (χ3n) is 3.39. The van der Waals surface area contributed by atoms with Crippen LogP contribution in [-0.4, -0.2) is 17.6 Å². The van der Waals surface area contributed by atoms with Gasteiger partial charge in [0, 0.05) is 0 Å². The molecule has 0 aromatic carbocycles. The molecule has 1 aliphatic carbocycles. The van der Waals surface area contributed by atoms with Crippen molar-refractivity contribution in [1.29, 1.82) is 0 Å². The molecular weight excluding hydrogens is 190 g/mol. The average molecular weight is 205 g/mol. The highest BCUT2D eigenvalue weighted by atomic mass is 16.1. The summed E-state index contributed by atoms with van der Waals surface area (Å²) >= 11 is 0. The van der Waals surface area contributed by atoms with Crippen LogP contribution < -0.4 is 0 Å². The van der Waals surface area contributed by atoms with Crippen LogP contribution in [0.2, 0.25) is 0 Å². The number of carbonyl (C=O) groups is 2. The maximum atomic E-state index is 10.9. The molecule has 0 saturated carbocycles. The summed E-state index contributed by atoms with van der Waals surface area (Å²) in [5, 5.41) is 0. The van der Waals surface area contributed by atoms with E-state index >= 15 is 0 Å². The van der Waals surface area contributed by atoms with Crippen molar-refractivity contribution < 1.29 is 9.59 Å². The number of hydrogen-bond acceptors (Lipinski definition) is 2. The molecular formula is C12H15NO2. The fourth-order valence-electron chi connectivity index (χ4n) is 2.61. The van der Waals surface area contributed by atoms with Gasteiger partial charge < -0.3 is 4.98 Å².